The van der Waals surface area contributed by atoms with E-state index >= 15 is 0 Å². The molecule has 1 aliphatic rings. The minimum atomic E-state index is -0.826. The number of aromatic nitrogens is 1. The summed E-state index contributed by atoms with van der Waals surface area (Å²) in [7, 11) is 9.87. The van der Waals surface area contributed by atoms with Gasteiger partial charge in [0, 0.05) is 11.1 Å². The molecule has 0 aliphatic heterocycles. The number of hydrogen-bond donors (Lipinski definition) is 0. The number of allylic oxidation sites excluding steroid dienone is 4. The van der Waals surface area contributed by atoms with Crippen molar-refractivity contribution < 1.29 is 20.8 Å². The number of aryl methyl sites for hydroxylation is 1. The molecule has 0 bridgehead atoms. The van der Waals surface area contributed by atoms with E-state index in [0.717, 1.165) is 6.42 Å². The molecule has 0 saturated heterocycles. The van der Waals surface area contributed by atoms with Crippen molar-refractivity contribution in [2.45, 2.75) is 41.0 Å². The van der Waals surface area contributed by atoms with Crippen molar-refractivity contribution in [2.75, 3.05) is 0 Å². The zero-order valence-electron chi connectivity index (χ0n) is 18.7. The third-order valence-electron chi connectivity index (χ3n) is 6.11. The molecule has 1 aromatic heterocycles. The van der Waals surface area contributed by atoms with Crippen molar-refractivity contribution in [3.05, 3.63) is 94.7 Å². The van der Waals surface area contributed by atoms with E-state index < -0.39 is 20.8 Å². The van der Waals surface area contributed by atoms with Crippen LogP contribution in [0.1, 0.15) is 38.4 Å². The monoisotopic (exact) mass is 525 g/mol. The summed E-state index contributed by atoms with van der Waals surface area (Å²) < 4.78 is 2.37. The molecule has 4 aromatic rings. The normalized spacial score (nSPS) is 12.8. The van der Waals surface area contributed by atoms with E-state index in [9.17, 15) is 0 Å². The van der Waals surface area contributed by atoms with Crippen LogP contribution in [-0.2, 0) is 20.8 Å². The van der Waals surface area contributed by atoms with E-state index in [1.54, 1.807) is 0 Å². The molecular weight excluding hydrogens is 500 g/mol. The maximum absolute atomic E-state index is 4.93. The van der Waals surface area contributed by atoms with Gasteiger partial charge >= 0.3 is 37.9 Å². The van der Waals surface area contributed by atoms with E-state index in [2.05, 4.69) is 106 Å². The molecule has 158 valence electrons. The summed E-state index contributed by atoms with van der Waals surface area (Å²) in [6, 6.07) is 21.7. The van der Waals surface area contributed by atoms with E-state index in [-0.39, 0.29) is 0 Å². The van der Waals surface area contributed by atoms with E-state index in [0.29, 0.717) is 0 Å². The Balaban J connectivity index is 0.000000207. The molecule has 0 atom stereocenters. The molecule has 0 radical (unpaired) electrons. The van der Waals surface area contributed by atoms with Crippen LogP contribution in [0.4, 0.5) is 0 Å². The average Bonchev–Trinajstić information content (AvgIpc) is 3.40. The summed E-state index contributed by atoms with van der Waals surface area (Å²) in [5.74, 6) is 0. The standard InChI is InChI=1S/C19H16N.C8H11.2ClH.Zr/c1-13-14(2)20(19-10-6-5-9-18(13)19)17-11-15-7-3-4-8-16(15)12-17;1-6-4-5-7(2)8(6)3;;;/h3-12H,1-2H3;4H2,1-3H3;2*1H;/q2*-1;;;+4/p-2. The molecule has 0 N–H and O–H groups in total. The van der Waals surface area contributed by atoms with Gasteiger partial charge in [-0.3, -0.25) is 6.08 Å². The first-order valence-electron chi connectivity index (χ1n) is 10.3. The second-order valence-electron chi connectivity index (χ2n) is 7.86. The van der Waals surface area contributed by atoms with Gasteiger partial charge in [0.15, 0.2) is 0 Å². The number of nitrogens with zero attached hydrogens (tertiary/aromatic N) is 1. The molecule has 5 rings (SSSR count). The zero-order chi connectivity index (χ0) is 22.5. The van der Waals surface area contributed by atoms with E-state index in [1.807, 2.05) is 0 Å². The van der Waals surface area contributed by atoms with Crippen LogP contribution in [-0.4, -0.2) is 4.57 Å². The quantitative estimate of drug-likeness (QED) is 0.218. The van der Waals surface area contributed by atoms with Crippen molar-refractivity contribution in [3.8, 4) is 5.69 Å². The number of halogens is 2. The van der Waals surface area contributed by atoms with Gasteiger partial charge in [0.1, 0.15) is 0 Å². The van der Waals surface area contributed by atoms with Crippen molar-refractivity contribution in [1.82, 2.24) is 4.57 Å². The van der Waals surface area contributed by atoms with Crippen LogP contribution in [0.3, 0.4) is 0 Å². The van der Waals surface area contributed by atoms with E-state index in [1.165, 1.54) is 55.3 Å². The Morgan fingerprint density at radius 1 is 0.935 bits per heavy atom. The molecule has 1 aliphatic carbocycles. The maximum atomic E-state index is 4.93. The third-order valence-corrected chi connectivity index (χ3v) is 6.11. The first kappa shape index (κ1) is 24.2. The summed E-state index contributed by atoms with van der Waals surface area (Å²) in [5.41, 5.74) is 9.48. The van der Waals surface area contributed by atoms with Gasteiger partial charge in [0.25, 0.3) is 0 Å². The Bertz CT molecular complexity index is 1220. The van der Waals surface area contributed by atoms with Gasteiger partial charge in [0.2, 0.25) is 0 Å². The summed E-state index contributed by atoms with van der Waals surface area (Å²) in [4.78, 5) is 0. The molecule has 3 aromatic carbocycles. The van der Waals surface area contributed by atoms with Crippen molar-refractivity contribution in [1.29, 1.82) is 0 Å². The third kappa shape index (κ3) is 5.31. The molecule has 0 amide bonds. The second kappa shape index (κ2) is 10.9. The van der Waals surface area contributed by atoms with Crippen molar-refractivity contribution >= 4 is 38.7 Å². The van der Waals surface area contributed by atoms with Crippen LogP contribution in [0.15, 0.2) is 77.4 Å². The van der Waals surface area contributed by atoms with Gasteiger partial charge in [-0.1, -0.05) is 38.1 Å². The first-order chi connectivity index (χ1) is 14.9. The Morgan fingerprint density at radius 3 is 2.16 bits per heavy atom. The van der Waals surface area contributed by atoms with Gasteiger partial charge < -0.3 is 4.57 Å². The Hall–Kier alpha value is -1.47. The molecule has 1 nitrogen and oxygen atoms in total. The first-order valence-corrected chi connectivity index (χ1v) is 16.6. The fourth-order valence-corrected chi connectivity index (χ4v) is 3.98. The molecule has 0 unspecified atom stereocenters. The number of fused-ring (bicyclic) bond motifs is 2. The Labute approximate surface area is 204 Å². The SMILES string of the molecule is CC1=[C-]CC(C)=C1C.Cc1c(C)n(-c2cc3ccccc3[cH-]2)c2ccccc12.[Cl][Zr+2][Cl]. The Kier molecular flexibility index (Phi) is 8.51. The molecule has 0 spiro atoms. The van der Waals surface area contributed by atoms with Gasteiger partial charge in [-0.2, -0.15) is 11.1 Å². The number of rotatable bonds is 1. The van der Waals surface area contributed by atoms with Crippen LogP contribution in [0, 0.1) is 19.9 Å². The minimum absolute atomic E-state index is 0.826. The molecule has 0 saturated carbocycles. The van der Waals surface area contributed by atoms with Gasteiger partial charge in [0.05, 0.1) is 5.52 Å². The van der Waals surface area contributed by atoms with Gasteiger partial charge in [-0.05, 0) is 31.2 Å². The number of para-hydroxylation sites is 1. The van der Waals surface area contributed by atoms with Crippen LogP contribution < -0.4 is 0 Å². The van der Waals surface area contributed by atoms with Gasteiger partial charge in [-0.25, -0.2) is 5.57 Å². The van der Waals surface area contributed by atoms with Crippen LogP contribution in [0.2, 0.25) is 0 Å². The summed E-state index contributed by atoms with van der Waals surface area (Å²) in [6.45, 7) is 10.8. The summed E-state index contributed by atoms with van der Waals surface area (Å²) >= 11 is -0.826. The second-order valence-corrected chi connectivity index (χ2v) is 11.6. The predicted octanol–water partition coefficient (Wildman–Crippen LogP) is 8.97. The van der Waals surface area contributed by atoms with Crippen LogP contribution in [0.5, 0.6) is 0 Å². The summed E-state index contributed by atoms with van der Waals surface area (Å²) in [6.07, 6.45) is 4.31. The predicted molar refractivity (Wildman–Crippen MR) is 133 cm³/mol. The van der Waals surface area contributed by atoms with Crippen LogP contribution >= 0.6 is 17.0 Å². The molecule has 1 heterocycles. The fourth-order valence-electron chi connectivity index (χ4n) is 3.98. The molecule has 4 heteroatoms. The van der Waals surface area contributed by atoms with E-state index in [4.69, 9.17) is 17.0 Å². The zero-order valence-corrected chi connectivity index (χ0v) is 22.7. The van der Waals surface area contributed by atoms with Gasteiger partial charge in [-0.15, -0.1) is 54.4 Å². The summed E-state index contributed by atoms with van der Waals surface area (Å²) in [5, 5.41) is 3.95. The molecule has 0 fully saturated rings. The Morgan fingerprint density at radius 2 is 1.58 bits per heavy atom. The average molecular weight is 528 g/mol. The number of hydrogen-bond acceptors (Lipinski definition) is 0. The topological polar surface area (TPSA) is 4.93 Å². The number of benzene rings is 2. The van der Waals surface area contributed by atoms with Crippen molar-refractivity contribution in [3.63, 3.8) is 0 Å². The molecular formula is C27H27Cl2NZr. The fraction of sp³-hybridized carbons (Fsp3) is 0.222. The molecule has 31 heavy (non-hydrogen) atoms. The van der Waals surface area contributed by atoms with Crippen molar-refractivity contribution in [2.24, 2.45) is 0 Å². The van der Waals surface area contributed by atoms with Crippen LogP contribution in [0.25, 0.3) is 27.4 Å².